The summed E-state index contributed by atoms with van der Waals surface area (Å²) in [5, 5.41) is 0. The molecule has 2 rings (SSSR count). The number of esters is 1. The summed E-state index contributed by atoms with van der Waals surface area (Å²) in [4.78, 5) is 19.7. The van der Waals surface area contributed by atoms with Crippen LogP contribution < -0.4 is 0 Å². The highest BCUT2D eigenvalue weighted by Crippen LogP contribution is 2.31. The summed E-state index contributed by atoms with van der Waals surface area (Å²) >= 11 is 0. The van der Waals surface area contributed by atoms with Crippen molar-refractivity contribution in [3.8, 4) is 0 Å². The lowest BCUT2D eigenvalue weighted by Gasteiger charge is -2.21. The van der Waals surface area contributed by atoms with E-state index >= 15 is 0 Å². The van der Waals surface area contributed by atoms with E-state index in [9.17, 15) is 4.79 Å². The molecule has 0 bridgehead atoms. The van der Waals surface area contributed by atoms with Crippen molar-refractivity contribution in [3.63, 3.8) is 0 Å². The van der Waals surface area contributed by atoms with Gasteiger partial charge in [-0.3, -0.25) is 4.79 Å². The van der Waals surface area contributed by atoms with Gasteiger partial charge in [0.2, 0.25) is 0 Å². The van der Waals surface area contributed by atoms with Crippen molar-refractivity contribution in [3.05, 3.63) is 23.8 Å². The van der Waals surface area contributed by atoms with Crippen LogP contribution in [0.15, 0.2) is 12.3 Å². The summed E-state index contributed by atoms with van der Waals surface area (Å²) in [6.45, 7) is 0. The van der Waals surface area contributed by atoms with Gasteiger partial charge in [-0.1, -0.05) is 19.3 Å². The molecule has 1 fully saturated rings. The van der Waals surface area contributed by atoms with Crippen LogP contribution in [0.4, 0.5) is 0 Å². The van der Waals surface area contributed by atoms with Crippen molar-refractivity contribution in [1.29, 1.82) is 0 Å². The third-order valence-corrected chi connectivity index (χ3v) is 3.28. The lowest BCUT2D eigenvalue weighted by atomic mass is 9.87. The Hall–Kier alpha value is -1.45. The summed E-state index contributed by atoms with van der Waals surface area (Å²) in [5.74, 6) is 0.828. The largest absolute Gasteiger partial charge is 0.469 e. The Morgan fingerprint density at radius 1 is 1.41 bits per heavy atom. The first-order valence-corrected chi connectivity index (χ1v) is 6.18. The Bertz CT molecular complexity index is 387. The van der Waals surface area contributed by atoms with Gasteiger partial charge in [-0.05, 0) is 18.9 Å². The van der Waals surface area contributed by atoms with Crippen molar-refractivity contribution < 1.29 is 9.53 Å². The Morgan fingerprint density at radius 3 is 2.88 bits per heavy atom. The van der Waals surface area contributed by atoms with Gasteiger partial charge in [0.05, 0.1) is 7.11 Å². The fourth-order valence-electron chi connectivity index (χ4n) is 2.33. The smallest absolute Gasteiger partial charge is 0.313 e. The molecular weight excluding hydrogens is 216 g/mol. The number of carbonyl (C=O) groups excluding carboxylic acids is 1. The first kappa shape index (κ1) is 12.0. The lowest BCUT2D eigenvalue weighted by molar-refractivity contribution is -0.139. The Kier molecular flexibility index (Phi) is 4.07. The molecule has 4 nitrogen and oxygen atoms in total. The van der Waals surface area contributed by atoms with E-state index in [0.717, 1.165) is 5.69 Å². The SMILES string of the molecule is COC(=O)Cc1nccc(C2CCCCC2)n1. The van der Waals surface area contributed by atoms with E-state index in [1.54, 1.807) is 6.20 Å². The molecule has 1 aliphatic rings. The van der Waals surface area contributed by atoms with E-state index in [4.69, 9.17) is 0 Å². The van der Waals surface area contributed by atoms with E-state index in [-0.39, 0.29) is 12.4 Å². The van der Waals surface area contributed by atoms with Crippen LogP contribution in [-0.2, 0) is 16.0 Å². The molecule has 0 saturated heterocycles. The third-order valence-electron chi connectivity index (χ3n) is 3.28. The van der Waals surface area contributed by atoms with Crippen molar-refractivity contribution in [1.82, 2.24) is 9.97 Å². The highest BCUT2D eigenvalue weighted by molar-refractivity contribution is 5.71. The molecule has 1 heterocycles. The number of carbonyl (C=O) groups is 1. The first-order chi connectivity index (χ1) is 8.29. The number of hydrogen-bond donors (Lipinski definition) is 0. The predicted octanol–water partition coefficient (Wildman–Crippen LogP) is 2.24. The lowest BCUT2D eigenvalue weighted by Crippen LogP contribution is -2.12. The number of hydrogen-bond acceptors (Lipinski definition) is 4. The van der Waals surface area contributed by atoms with Crippen molar-refractivity contribution in [2.24, 2.45) is 0 Å². The molecule has 0 atom stereocenters. The van der Waals surface area contributed by atoms with Gasteiger partial charge in [0.15, 0.2) is 0 Å². The van der Waals surface area contributed by atoms with E-state index < -0.39 is 0 Å². The second kappa shape index (κ2) is 5.75. The summed E-state index contributed by atoms with van der Waals surface area (Å²) in [6.07, 6.45) is 8.20. The highest BCUT2D eigenvalue weighted by atomic mass is 16.5. The Labute approximate surface area is 101 Å². The van der Waals surface area contributed by atoms with Crippen LogP contribution in [0.2, 0.25) is 0 Å². The van der Waals surface area contributed by atoms with Crippen LogP contribution in [0, 0.1) is 0 Å². The summed E-state index contributed by atoms with van der Waals surface area (Å²) in [5.41, 5.74) is 1.08. The Balaban J connectivity index is 2.07. The van der Waals surface area contributed by atoms with Gasteiger partial charge in [-0.2, -0.15) is 0 Å². The van der Waals surface area contributed by atoms with Crippen molar-refractivity contribution >= 4 is 5.97 Å². The molecule has 1 aromatic heterocycles. The molecule has 92 valence electrons. The van der Waals surface area contributed by atoms with Gasteiger partial charge in [0.25, 0.3) is 0 Å². The third kappa shape index (κ3) is 3.25. The molecule has 4 heteroatoms. The average molecular weight is 234 g/mol. The fraction of sp³-hybridized carbons (Fsp3) is 0.615. The van der Waals surface area contributed by atoms with E-state index in [2.05, 4.69) is 14.7 Å². The van der Waals surface area contributed by atoms with Gasteiger partial charge < -0.3 is 4.74 Å². The second-order valence-electron chi connectivity index (χ2n) is 4.49. The standard InChI is InChI=1S/C13H18N2O2/c1-17-13(16)9-12-14-8-7-11(15-12)10-5-3-2-4-6-10/h7-8,10H,2-6,9H2,1H3. The van der Waals surface area contributed by atoms with E-state index in [1.165, 1.54) is 39.2 Å². The number of nitrogens with zero attached hydrogens (tertiary/aromatic N) is 2. The van der Waals surface area contributed by atoms with E-state index in [1.807, 2.05) is 6.07 Å². The quantitative estimate of drug-likeness (QED) is 0.753. The Morgan fingerprint density at radius 2 is 2.18 bits per heavy atom. The van der Waals surface area contributed by atoms with Crippen LogP contribution in [0.25, 0.3) is 0 Å². The number of aromatic nitrogens is 2. The first-order valence-electron chi connectivity index (χ1n) is 6.18. The predicted molar refractivity (Wildman–Crippen MR) is 63.6 cm³/mol. The molecule has 0 aromatic carbocycles. The zero-order valence-corrected chi connectivity index (χ0v) is 10.2. The molecule has 17 heavy (non-hydrogen) atoms. The zero-order valence-electron chi connectivity index (χ0n) is 10.2. The molecule has 0 unspecified atom stereocenters. The number of rotatable bonds is 3. The average Bonchev–Trinajstić information content (AvgIpc) is 2.40. The summed E-state index contributed by atoms with van der Waals surface area (Å²) in [6, 6.07) is 1.97. The van der Waals surface area contributed by atoms with Crippen LogP contribution in [0.3, 0.4) is 0 Å². The molecule has 0 N–H and O–H groups in total. The van der Waals surface area contributed by atoms with Crippen LogP contribution in [-0.4, -0.2) is 23.0 Å². The second-order valence-corrected chi connectivity index (χ2v) is 4.49. The monoisotopic (exact) mass is 234 g/mol. The maximum atomic E-state index is 11.2. The van der Waals surface area contributed by atoms with Crippen molar-refractivity contribution in [2.45, 2.75) is 44.4 Å². The van der Waals surface area contributed by atoms with Gasteiger partial charge in [-0.15, -0.1) is 0 Å². The number of methoxy groups -OCH3 is 1. The minimum absolute atomic E-state index is 0.164. The summed E-state index contributed by atoms with van der Waals surface area (Å²) < 4.78 is 4.62. The molecule has 0 amide bonds. The molecule has 0 aliphatic heterocycles. The van der Waals surface area contributed by atoms with Gasteiger partial charge >= 0.3 is 5.97 Å². The minimum Gasteiger partial charge on any atom is -0.469 e. The molecule has 1 aliphatic carbocycles. The normalized spacial score (nSPS) is 16.8. The minimum atomic E-state index is -0.286. The van der Waals surface area contributed by atoms with Crippen molar-refractivity contribution in [2.75, 3.05) is 7.11 Å². The summed E-state index contributed by atoms with van der Waals surface area (Å²) in [7, 11) is 1.38. The molecule has 1 aromatic rings. The molecule has 1 saturated carbocycles. The highest BCUT2D eigenvalue weighted by Gasteiger charge is 2.17. The van der Waals surface area contributed by atoms with Gasteiger partial charge in [0.1, 0.15) is 12.2 Å². The van der Waals surface area contributed by atoms with Gasteiger partial charge in [-0.25, -0.2) is 9.97 Å². The zero-order chi connectivity index (χ0) is 12.1. The fourth-order valence-corrected chi connectivity index (χ4v) is 2.33. The maximum absolute atomic E-state index is 11.2. The molecule has 0 spiro atoms. The molecule has 0 radical (unpaired) electrons. The van der Waals surface area contributed by atoms with E-state index in [0.29, 0.717) is 11.7 Å². The topological polar surface area (TPSA) is 52.1 Å². The van der Waals surface area contributed by atoms with Crippen LogP contribution >= 0.6 is 0 Å². The van der Waals surface area contributed by atoms with Crippen LogP contribution in [0.1, 0.15) is 49.5 Å². The van der Waals surface area contributed by atoms with Crippen LogP contribution in [0.5, 0.6) is 0 Å². The molecular formula is C13H18N2O2. The van der Waals surface area contributed by atoms with Gasteiger partial charge in [0, 0.05) is 17.8 Å². The number of ether oxygens (including phenoxy) is 1. The maximum Gasteiger partial charge on any atom is 0.313 e.